The summed E-state index contributed by atoms with van der Waals surface area (Å²) in [5.41, 5.74) is 1.56. The first-order valence-electron chi connectivity index (χ1n) is 10.3. The molecule has 1 fully saturated rings. The second-order valence-electron chi connectivity index (χ2n) is 7.78. The van der Waals surface area contributed by atoms with Gasteiger partial charge in [0.25, 0.3) is 0 Å². The Morgan fingerprint density at radius 3 is 2.36 bits per heavy atom. The van der Waals surface area contributed by atoms with Crippen molar-refractivity contribution in [1.29, 1.82) is 0 Å². The molecule has 0 unspecified atom stereocenters. The molecule has 0 saturated carbocycles. The van der Waals surface area contributed by atoms with Gasteiger partial charge in [-0.15, -0.1) is 0 Å². The zero-order chi connectivity index (χ0) is 22.8. The number of nitrogens with one attached hydrogen (secondary N) is 1. The number of likely N-dealkylation sites (N-methyl/N-ethyl adjacent to an activating group) is 1. The van der Waals surface area contributed by atoms with Crippen LogP contribution in [0.4, 0.5) is 6.01 Å². The molecule has 170 valence electrons. The van der Waals surface area contributed by atoms with Crippen LogP contribution in [0.1, 0.15) is 6.42 Å². The molecule has 0 amide bonds. The molecule has 0 bridgehead atoms. The number of rotatable bonds is 7. The van der Waals surface area contributed by atoms with Gasteiger partial charge in [-0.2, -0.15) is 9.97 Å². The van der Waals surface area contributed by atoms with E-state index in [0.29, 0.717) is 34.3 Å². The molecular weight excluding hydrogens is 467 g/mol. The molecule has 1 aliphatic heterocycles. The van der Waals surface area contributed by atoms with E-state index in [9.17, 15) is 0 Å². The first-order valence-corrected chi connectivity index (χ1v) is 11.1. The lowest BCUT2D eigenvalue weighted by Crippen LogP contribution is -2.31. The van der Waals surface area contributed by atoms with E-state index in [0.717, 1.165) is 24.1 Å². The smallest absolute Gasteiger partial charge is 0.417 e. The van der Waals surface area contributed by atoms with Crippen LogP contribution in [0.3, 0.4) is 0 Å². The van der Waals surface area contributed by atoms with E-state index >= 15 is 0 Å². The van der Waals surface area contributed by atoms with Crippen molar-refractivity contribution in [3.63, 3.8) is 0 Å². The molecule has 9 nitrogen and oxygen atoms in total. The predicted octanol–water partition coefficient (Wildman–Crippen LogP) is 4.66. The van der Waals surface area contributed by atoms with Gasteiger partial charge in [0.15, 0.2) is 0 Å². The number of hydrogen-bond donors (Lipinski definition) is 1. The second kappa shape index (κ2) is 9.38. The van der Waals surface area contributed by atoms with Crippen molar-refractivity contribution in [2.24, 2.45) is 0 Å². The summed E-state index contributed by atoms with van der Waals surface area (Å²) in [5, 5.41) is 12.4. The van der Waals surface area contributed by atoms with Gasteiger partial charge in [0.2, 0.25) is 11.6 Å². The van der Waals surface area contributed by atoms with E-state index in [1.165, 1.54) is 0 Å². The number of aromatic nitrogens is 4. The van der Waals surface area contributed by atoms with Gasteiger partial charge in [-0.3, -0.25) is 9.42 Å². The fourth-order valence-corrected chi connectivity index (χ4v) is 4.12. The molecule has 2 aromatic heterocycles. The van der Waals surface area contributed by atoms with Crippen LogP contribution in [0.15, 0.2) is 57.6 Å². The number of likely N-dealkylation sites (tertiary alicyclic amines) is 1. The van der Waals surface area contributed by atoms with Gasteiger partial charge in [-0.25, -0.2) is 0 Å². The van der Waals surface area contributed by atoms with Crippen LogP contribution in [0, 0.1) is 0 Å². The first-order chi connectivity index (χ1) is 16.0. The van der Waals surface area contributed by atoms with E-state index in [-0.39, 0.29) is 18.2 Å². The van der Waals surface area contributed by atoms with Crippen LogP contribution < -0.4 is 10.1 Å². The van der Waals surface area contributed by atoms with Crippen molar-refractivity contribution in [1.82, 2.24) is 25.2 Å². The molecule has 0 aliphatic carbocycles. The Kier molecular flexibility index (Phi) is 6.17. The molecule has 1 aliphatic rings. The normalized spacial score (nSPS) is 18.5. The predicted molar refractivity (Wildman–Crippen MR) is 123 cm³/mol. The second-order valence-corrected chi connectivity index (χ2v) is 8.65. The van der Waals surface area contributed by atoms with E-state index in [1.54, 1.807) is 24.3 Å². The molecule has 33 heavy (non-hydrogen) atoms. The molecule has 2 atom stereocenters. The lowest BCUT2D eigenvalue weighted by Gasteiger charge is -2.17. The highest BCUT2D eigenvalue weighted by Crippen LogP contribution is 2.26. The quantitative estimate of drug-likeness (QED) is 0.399. The molecule has 0 spiro atoms. The molecule has 0 radical (unpaired) electrons. The number of hydrogen-bond acceptors (Lipinski definition) is 9. The maximum absolute atomic E-state index is 6.04. The summed E-state index contributed by atoms with van der Waals surface area (Å²) in [7, 11) is 2.03. The van der Waals surface area contributed by atoms with E-state index in [4.69, 9.17) is 37.0 Å². The van der Waals surface area contributed by atoms with Gasteiger partial charge in [0.1, 0.15) is 6.10 Å². The Balaban J connectivity index is 1.16. The number of ether oxygens (including phenoxy) is 1. The minimum Gasteiger partial charge on any atom is -0.444 e. The maximum atomic E-state index is 6.04. The van der Waals surface area contributed by atoms with Crippen molar-refractivity contribution in [3.8, 4) is 28.9 Å². The molecule has 4 aromatic rings. The van der Waals surface area contributed by atoms with Crippen molar-refractivity contribution < 1.29 is 13.8 Å². The molecule has 1 N–H and O–H groups in total. The summed E-state index contributed by atoms with van der Waals surface area (Å²) in [6.07, 6.45) is 0.826. The highest BCUT2D eigenvalue weighted by atomic mass is 35.5. The third kappa shape index (κ3) is 5.11. The third-order valence-electron chi connectivity index (χ3n) is 5.41. The SMILES string of the molecule is CN1C[C@H](Oc2nc(-c3cccc(Cl)c3)no2)C[C@H]1CNc1nc(-c2cccc(Cl)c2)no1. The molecule has 5 rings (SSSR count). The summed E-state index contributed by atoms with van der Waals surface area (Å²) in [5.74, 6) is 0.914. The van der Waals surface area contributed by atoms with Crippen molar-refractivity contribution in [2.45, 2.75) is 18.6 Å². The largest absolute Gasteiger partial charge is 0.444 e. The maximum Gasteiger partial charge on any atom is 0.417 e. The van der Waals surface area contributed by atoms with E-state index in [1.807, 2.05) is 31.3 Å². The highest BCUT2D eigenvalue weighted by Gasteiger charge is 2.32. The Morgan fingerprint density at radius 2 is 1.67 bits per heavy atom. The Hall–Kier alpha value is -3.14. The number of anilines is 1. The van der Waals surface area contributed by atoms with Crippen LogP contribution in [0.2, 0.25) is 10.0 Å². The number of nitrogens with zero attached hydrogens (tertiary/aromatic N) is 5. The summed E-state index contributed by atoms with van der Waals surface area (Å²) in [6, 6.07) is 15.1. The monoisotopic (exact) mass is 486 g/mol. The van der Waals surface area contributed by atoms with Gasteiger partial charge in [-0.05, 0) is 31.3 Å². The lowest BCUT2D eigenvalue weighted by atomic mass is 10.2. The van der Waals surface area contributed by atoms with E-state index < -0.39 is 0 Å². The summed E-state index contributed by atoms with van der Waals surface area (Å²) < 4.78 is 16.5. The third-order valence-corrected chi connectivity index (χ3v) is 5.88. The molecule has 2 aromatic carbocycles. The first kappa shape index (κ1) is 21.7. The number of halogens is 2. The molecule has 1 saturated heterocycles. The molecule has 11 heteroatoms. The topological polar surface area (TPSA) is 102 Å². The number of benzene rings is 2. The van der Waals surface area contributed by atoms with Gasteiger partial charge in [-0.1, -0.05) is 57.8 Å². The average Bonchev–Trinajstić information content (AvgIpc) is 3.53. The Morgan fingerprint density at radius 1 is 1.00 bits per heavy atom. The standard InChI is InChI=1S/C22H20Cl2N6O3/c1-30-12-18(31-22-27-20(29-33-22)14-5-3-7-16(24)9-14)10-17(30)11-25-21-26-19(28-32-21)13-4-2-6-15(23)8-13/h2-9,17-18H,10-12H2,1H3,(H,25,26,28)/t17-,18+/m0/s1. The fourth-order valence-electron chi connectivity index (χ4n) is 3.74. The van der Waals surface area contributed by atoms with E-state index in [2.05, 4.69) is 30.5 Å². The lowest BCUT2D eigenvalue weighted by molar-refractivity contribution is 0.138. The van der Waals surface area contributed by atoms with Gasteiger partial charge < -0.3 is 14.6 Å². The zero-order valence-electron chi connectivity index (χ0n) is 17.6. The van der Waals surface area contributed by atoms with Crippen molar-refractivity contribution in [3.05, 3.63) is 58.6 Å². The van der Waals surface area contributed by atoms with Crippen molar-refractivity contribution >= 4 is 29.2 Å². The van der Waals surface area contributed by atoms with Gasteiger partial charge >= 0.3 is 12.1 Å². The van der Waals surface area contributed by atoms with Crippen LogP contribution in [0.25, 0.3) is 22.8 Å². The summed E-state index contributed by atoms with van der Waals surface area (Å²) in [4.78, 5) is 10.9. The van der Waals surface area contributed by atoms with Crippen LogP contribution in [-0.2, 0) is 0 Å². The fraction of sp³-hybridized carbons (Fsp3) is 0.273. The van der Waals surface area contributed by atoms with Crippen LogP contribution in [0.5, 0.6) is 6.08 Å². The summed E-state index contributed by atoms with van der Waals surface area (Å²) in [6.45, 7) is 1.34. The zero-order valence-corrected chi connectivity index (χ0v) is 19.1. The molecular formula is C22H20Cl2N6O3. The Labute approximate surface area is 199 Å². The Bertz CT molecular complexity index is 1250. The average molecular weight is 487 g/mol. The minimum absolute atomic E-state index is 0.0841. The highest BCUT2D eigenvalue weighted by molar-refractivity contribution is 6.31. The van der Waals surface area contributed by atoms with Crippen molar-refractivity contribution in [2.75, 3.05) is 25.5 Å². The van der Waals surface area contributed by atoms with Crippen LogP contribution in [-0.4, -0.2) is 57.5 Å². The summed E-state index contributed by atoms with van der Waals surface area (Å²) >= 11 is 12.1. The van der Waals surface area contributed by atoms with Crippen LogP contribution >= 0.6 is 23.2 Å². The molecule has 3 heterocycles. The van der Waals surface area contributed by atoms with Gasteiger partial charge in [0.05, 0.1) is 0 Å². The van der Waals surface area contributed by atoms with Gasteiger partial charge in [0, 0.05) is 46.7 Å². The minimum atomic E-state index is -0.0841.